The van der Waals surface area contributed by atoms with Gasteiger partial charge in [-0.3, -0.25) is 0 Å². The van der Waals surface area contributed by atoms with Crippen molar-refractivity contribution in [3.63, 3.8) is 0 Å². The second-order valence-corrected chi connectivity index (χ2v) is 4.67. The van der Waals surface area contributed by atoms with E-state index in [1.165, 1.54) is 24.1 Å². The normalized spacial score (nSPS) is 13.2. The van der Waals surface area contributed by atoms with Gasteiger partial charge in [-0.25, -0.2) is 0 Å². The molecule has 0 radical (unpaired) electrons. The Bertz CT molecular complexity index is 225. The van der Waals surface area contributed by atoms with E-state index in [1.807, 2.05) is 11.3 Å². The first kappa shape index (κ1) is 9.79. The van der Waals surface area contributed by atoms with Gasteiger partial charge in [0.2, 0.25) is 0 Å². The maximum absolute atomic E-state index is 2.34. The summed E-state index contributed by atoms with van der Waals surface area (Å²) in [6.45, 7) is 6.82. The number of aryl methyl sites for hydroxylation is 2. The third kappa shape index (κ3) is 2.63. The van der Waals surface area contributed by atoms with Crippen LogP contribution < -0.4 is 0 Å². The molecule has 0 saturated carbocycles. The Hall–Kier alpha value is -0.300. The minimum Gasteiger partial charge on any atom is -0.149 e. The van der Waals surface area contributed by atoms with Crippen LogP contribution in [-0.2, 0) is 6.42 Å². The third-order valence-corrected chi connectivity index (χ3v) is 3.46. The summed E-state index contributed by atoms with van der Waals surface area (Å²) in [7, 11) is 0. The van der Waals surface area contributed by atoms with Crippen molar-refractivity contribution < 1.29 is 0 Å². The maximum atomic E-state index is 2.34. The van der Waals surface area contributed by atoms with Gasteiger partial charge >= 0.3 is 0 Å². The SMILES string of the molecule is CC[C@H](C)CCc1ccsc1C. The molecule has 1 rings (SSSR count). The van der Waals surface area contributed by atoms with Crippen LogP contribution in [0.15, 0.2) is 11.4 Å². The maximum Gasteiger partial charge on any atom is 0.00461 e. The number of hydrogen-bond acceptors (Lipinski definition) is 1. The summed E-state index contributed by atoms with van der Waals surface area (Å²) < 4.78 is 0. The molecule has 0 aliphatic heterocycles. The predicted octanol–water partition coefficient (Wildman–Crippen LogP) is 4.04. The molecule has 1 aromatic rings. The Morgan fingerprint density at radius 2 is 2.25 bits per heavy atom. The van der Waals surface area contributed by atoms with Gasteiger partial charge in [0.25, 0.3) is 0 Å². The van der Waals surface area contributed by atoms with E-state index in [4.69, 9.17) is 0 Å². The van der Waals surface area contributed by atoms with Gasteiger partial charge in [-0.15, -0.1) is 11.3 Å². The molecule has 0 unspecified atom stereocenters. The third-order valence-electron chi connectivity index (χ3n) is 2.57. The van der Waals surface area contributed by atoms with Crippen LogP contribution in [0.2, 0.25) is 0 Å². The summed E-state index contributed by atoms with van der Waals surface area (Å²) in [6, 6.07) is 2.27. The van der Waals surface area contributed by atoms with Crippen LogP contribution in [0.4, 0.5) is 0 Å². The highest BCUT2D eigenvalue weighted by Gasteiger charge is 2.02. The molecule has 68 valence electrons. The van der Waals surface area contributed by atoms with Crippen LogP contribution in [0.25, 0.3) is 0 Å². The van der Waals surface area contributed by atoms with E-state index < -0.39 is 0 Å². The lowest BCUT2D eigenvalue weighted by Crippen LogP contribution is -1.95. The van der Waals surface area contributed by atoms with Gasteiger partial charge < -0.3 is 0 Å². The lowest BCUT2D eigenvalue weighted by molar-refractivity contribution is 0.516. The van der Waals surface area contributed by atoms with Crippen molar-refractivity contribution in [1.29, 1.82) is 0 Å². The van der Waals surface area contributed by atoms with Crippen molar-refractivity contribution in [2.24, 2.45) is 5.92 Å². The lowest BCUT2D eigenvalue weighted by atomic mass is 10.00. The fraction of sp³-hybridized carbons (Fsp3) is 0.636. The fourth-order valence-corrected chi connectivity index (χ4v) is 2.03. The van der Waals surface area contributed by atoms with E-state index in [1.54, 1.807) is 5.56 Å². The molecule has 1 heteroatoms. The Morgan fingerprint density at radius 3 is 2.75 bits per heavy atom. The summed E-state index contributed by atoms with van der Waals surface area (Å²) >= 11 is 1.86. The van der Waals surface area contributed by atoms with Crippen LogP contribution in [-0.4, -0.2) is 0 Å². The highest BCUT2D eigenvalue weighted by Crippen LogP contribution is 2.19. The van der Waals surface area contributed by atoms with E-state index in [9.17, 15) is 0 Å². The summed E-state index contributed by atoms with van der Waals surface area (Å²) in [4.78, 5) is 1.50. The molecule has 0 aliphatic carbocycles. The van der Waals surface area contributed by atoms with Crippen molar-refractivity contribution in [2.45, 2.75) is 40.0 Å². The van der Waals surface area contributed by atoms with Crippen molar-refractivity contribution in [2.75, 3.05) is 0 Å². The largest absolute Gasteiger partial charge is 0.149 e. The average molecular weight is 182 g/mol. The summed E-state index contributed by atoms with van der Waals surface area (Å²) in [5, 5.41) is 2.20. The molecule has 1 atom stereocenters. The van der Waals surface area contributed by atoms with E-state index in [2.05, 4.69) is 32.2 Å². The second-order valence-electron chi connectivity index (χ2n) is 3.55. The molecular formula is C11H18S. The van der Waals surface area contributed by atoms with Gasteiger partial charge in [0.05, 0.1) is 0 Å². The molecule has 0 aromatic carbocycles. The van der Waals surface area contributed by atoms with Gasteiger partial charge in [0.15, 0.2) is 0 Å². The van der Waals surface area contributed by atoms with Gasteiger partial charge in [0, 0.05) is 4.88 Å². The van der Waals surface area contributed by atoms with Crippen LogP contribution in [0.5, 0.6) is 0 Å². The smallest absolute Gasteiger partial charge is 0.00461 e. The van der Waals surface area contributed by atoms with Crippen LogP contribution in [0.3, 0.4) is 0 Å². The Kier molecular flexibility index (Phi) is 3.80. The van der Waals surface area contributed by atoms with Gasteiger partial charge in [-0.05, 0) is 42.7 Å². The zero-order valence-electron chi connectivity index (χ0n) is 8.26. The highest BCUT2D eigenvalue weighted by molar-refractivity contribution is 7.10. The van der Waals surface area contributed by atoms with E-state index in [0.29, 0.717) is 0 Å². The lowest BCUT2D eigenvalue weighted by Gasteiger charge is -2.06. The molecular weight excluding hydrogens is 164 g/mol. The van der Waals surface area contributed by atoms with E-state index in [0.717, 1.165) is 5.92 Å². The van der Waals surface area contributed by atoms with Crippen LogP contribution in [0, 0.1) is 12.8 Å². The first-order valence-electron chi connectivity index (χ1n) is 4.77. The zero-order valence-corrected chi connectivity index (χ0v) is 9.08. The monoisotopic (exact) mass is 182 g/mol. The summed E-state index contributed by atoms with van der Waals surface area (Å²) in [6.07, 6.45) is 3.92. The van der Waals surface area contributed by atoms with Gasteiger partial charge in [0.1, 0.15) is 0 Å². The first-order chi connectivity index (χ1) is 5.74. The number of thiophene rings is 1. The minimum absolute atomic E-state index is 0.879. The predicted molar refractivity (Wildman–Crippen MR) is 56.8 cm³/mol. The standard InChI is InChI=1S/C11H18S/c1-4-9(2)5-6-11-7-8-12-10(11)3/h7-9H,4-6H2,1-3H3/t9-/m0/s1. The van der Waals surface area contributed by atoms with Gasteiger partial charge in [-0.2, -0.15) is 0 Å². The average Bonchev–Trinajstić information content (AvgIpc) is 2.47. The minimum atomic E-state index is 0.879. The number of rotatable bonds is 4. The molecule has 0 bridgehead atoms. The van der Waals surface area contributed by atoms with Crippen molar-refractivity contribution in [1.82, 2.24) is 0 Å². The quantitative estimate of drug-likeness (QED) is 0.659. The van der Waals surface area contributed by atoms with Crippen LogP contribution in [0.1, 0.15) is 37.1 Å². The Balaban J connectivity index is 2.38. The second kappa shape index (κ2) is 4.66. The molecule has 0 aliphatic rings. The topological polar surface area (TPSA) is 0 Å². The molecule has 1 aromatic heterocycles. The summed E-state index contributed by atoms with van der Waals surface area (Å²) in [5.74, 6) is 0.879. The fourth-order valence-electron chi connectivity index (χ4n) is 1.28. The number of hydrogen-bond donors (Lipinski definition) is 0. The van der Waals surface area contributed by atoms with Crippen molar-refractivity contribution in [3.8, 4) is 0 Å². The Labute approximate surface area is 79.6 Å². The van der Waals surface area contributed by atoms with Crippen molar-refractivity contribution >= 4 is 11.3 Å². The molecule has 0 fully saturated rings. The molecule has 0 amide bonds. The zero-order chi connectivity index (χ0) is 8.97. The van der Waals surface area contributed by atoms with E-state index >= 15 is 0 Å². The molecule has 0 saturated heterocycles. The van der Waals surface area contributed by atoms with Gasteiger partial charge in [-0.1, -0.05) is 20.3 Å². The first-order valence-corrected chi connectivity index (χ1v) is 5.65. The Morgan fingerprint density at radius 1 is 1.50 bits per heavy atom. The molecule has 0 spiro atoms. The van der Waals surface area contributed by atoms with Crippen molar-refractivity contribution in [3.05, 3.63) is 21.9 Å². The molecule has 0 N–H and O–H groups in total. The highest BCUT2D eigenvalue weighted by atomic mass is 32.1. The van der Waals surface area contributed by atoms with E-state index in [-0.39, 0.29) is 0 Å². The summed E-state index contributed by atoms with van der Waals surface area (Å²) in [5.41, 5.74) is 1.56. The van der Waals surface area contributed by atoms with Crippen LogP contribution >= 0.6 is 11.3 Å². The molecule has 1 heterocycles. The molecule has 0 nitrogen and oxygen atoms in total. The molecule has 12 heavy (non-hydrogen) atoms.